The van der Waals surface area contributed by atoms with E-state index < -0.39 is 0 Å². The van der Waals surface area contributed by atoms with Gasteiger partial charge in [0, 0.05) is 83.0 Å². The van der Waals surface area contributed by atoms with Crippen molar-refractivity contribution >= 4 is 143 Å². The maximum absolute atomic E-state index is 6.86. The highest BCUT2D eigenvalue weighted by Crippen LogP contribution is 2.51. The molecule has 0 spiro atoms. The Morgan fingerprint density at radius 3 is 1.03 bits per heavy atom. The summed E-state index contributed by atoms with van der Waals surface area (Å²) >= 11 is 0. The van der Waals surface area contributed by atoms with Gasteiger partial charge in [0.1, 0.15) is 44.7 Å². The van der Waals surface area contributed by atoms with Gasteiger partial charge in [-0.15, -0.1) is 0 Å². The molecule has 6 heteroatoms. The second-order valence-corrected chi connectivity index (χ2v) is 25.7. The Bertz CT molecular complexity index is 5290. The first-order valence-corrected chi connectivity index (χ1v) is 30.4. The largest absolute Gasteiger partial charge is 0.456 e. The number of hydrogen-bond donors (Lipinski definition) is 0. The van der Waals surface area contributed by atoms with E-state index in [2.05, 4.69) is 294 Å². The molecule has 0 aliphatic carbocycles. The smallest absolute Gasteiger partial charge is 0.139 e. The fraction of sp³-hybridized carbons (Fsp3) is 0.0976. The monoisotopic (exact) mass is 1140 g/mol. The van der Waals surface area contributed by atoms with E-state index in [1.165, 1.54) is 11.1 Å². The molecule has 0 atom stereocenters. The van der Waals surface area contributed by atoms with Crippen LogP contribution in [0.2, 0.25) is 0 Å². The van der Waals surface area contributed by atoms with Gasteiger partial charge in [-0.25, -0.2) is 0 Å². The molecule has 0 N–H and O–H groups in total. The lowest BCUT2D eigenvalue weighted by molar-refractivity contribution is 0.590. The lowest BCUT2D eigenvalue weighted by atomic mass is 9.87. The third-order valence-corrected chi connectivity index (χ3v) is 18.1. The van der Waals surface area contributed by atoms with Crippen LogP contribution in [0.1, 0.15) is 52.7 Å². The van der Waals surface area contributed by atoms with Crippen molar-refractivity contribution in [2.45, 2.75) is 52.4 Å². The number of rotatable bonds is 8. The first-order chi connectivity index (χ1) is 42.8. The second-order valence-electron chi connectivity index (χ2n) is 25.7. The Balaban J connectivity index is 0.787. The van der Waals surface area contributed by atoms with Crippen molar-refractivity contribution < 1.29 is 17.7 Å². The molecule has 0 radical (unpaired) electrons. The van der Waals surface area contributed by atoms with E-state index in [0.717, 1.165) is 166 Å². The van der Waals surface area contributed by atoms with Gasteiger partial charge in [-0.05, 0) is 170 Å². The van der Waals surface area contributed by atoms with Gasteiger partial charge in [0.2, 0.25) is 0 Å². The van der Waals surface area contributed by atoms with Crippen molar-refractivity contribution in [3.63, 3.8) is 0 Å². The van der Waals surface area contributed by atoms with Gasteiger partial charge in [-0.2, -0.15) is 0 Å². The molecule has 13 aromatic carbocycles. The summed E-state index contributed by atoms with van der Waals surface area (Å²) in [6, 6.07) is 91.8. The van der Waals surface area contributed by atoms with Crippen LogP contribution in [0.3, 0.4) is 0 Å². The quantitative estimate of drug-likeness (QED) is 0.151. The van der Waals surface area contributed by atoms with Gasteiger partial charge in [0.15, 0.2) is 0 Å². The van der Waals surface area contributed by atoms with Gasteiger partial charge >= 0.3 is 0 Å². The van der Waals surface area contributed by atoms with E-state index in [-0.39, 0.29) is 10.8 Å². The molecule has 0 fully saturated rings. The average molecular weight is 1140 g/mol. The van der Waals surface area contributed by atoms with Crippen LogP contribution in [0.4, 0.5) is 34.1 Å². The lowest BCUT2D eigenvalue weighted by Crippen LogP contribution is -2.14. The van der Waals surface area contributed by atoms with Crippen LogP contribution in [0.25, 0.3) is 132 Å². The van der Waals surface area contributed by atoms with Gasteiger partial charge in [0.05, 0.1) is 11.4 Å². The SMILES string of the molecule is CC(C)(C)c1ccc(N(c2ccc3cc4c(cc3c2)oc2cc3oc5cc6cc(N(c7ccc(C(C)(C)C)cc7)c7ccc8oc9ccccc9c8c7-c7ccccc7)ccc6cc5c3cc24)c2ccc3oc4ccccc4c3c2-c2ccccc2)cc1. The summed E-state index contributed by atoms with van der Waals surface area (Å²) in [6.07, 6.45) is 0. The number of furan rings is 4. The van der Waals surface area contributed by atoms with Crippen LogP contribution >= 0.6 is 0 Å². The Hall–Kier alpha value is -10.8. The normalized spacial score (nSPS) is 12.4. The summed E-state index contributed by atoms with van der Waals surface area (Å²) in [4.78, 5) is 4.80. The molecule has 17 rings (SSSR count). The van der Waals surface area contributed by atoms with Crippen molar-refractivity contribution in [3.8, 4) is 22.3 Å². The summed E-state index contributed by atoms with van der Waals surface area (Å²) in [5, 5.41) is 12.9. The molecule has 0 bridgehead atoms. The molecule has 0 aliphatic heterocycles. The molecule has 0 aliphatic rings. The molecule has 0 saturated carbocycles. The maximum atomic E-state index is 6.86. The van der Waals surface area contributed by atoms with Crippen LogP contribution in [0, 0.1) is 0 Å². The van der Waals surface area contributed by atoms with E-state index in [1.54, 1.807) is 0 Å². The molecule has 422 valence electrons. The predicted molar refractivity (Wildman–Crippen MR) is 368 cm³/mol. The number of anilines is 6. The second kappa shape index (κ2) is 19.3. The topological polar surface area (TPSA) is 59.0 Å². The third kappa shape index (κ3) is 8.31. The molecular formula is C82H60N2O4. The Morgan fingerprint density at radius 1 is 0.250 bits per heavy atom. The zero-order valence-electron chi connectivity index (χ0n) is 49.8. The zero-order chi connectivity index (χ0) is 59.2. The minimum Gasteiger partial charge on any atom is -0.456 e. The number of benzene rings is 13. The van der Waals surface area contributed by atoms with E-state index in [0.29, 0.717) is 0 Å². The van der Waals surface area contributed by atoms with Crippen LogP contribution in [-0.4, -0.2) is 0 Å². The Morgan fingerprint density at radius 2 is 0.614 bits per heavy atom. The average Bonchev–Trinajstić information content (AvgIpc) is 1.74. The highest BCUT2D eigenvalue weighted by molar-refractivity contribution is 6.21. The first-order valence-electron chi connectivity index (χ1n) is 30.4. The summed E-state index contributed by atoms with van der Waals surface area (Å²) in [7, 11) is 0. The zero-order valence-corrected chi connectivity index (χ0v) is 49.8. The summed E-state index contributed by atoms with van der Waals surface area (Å²) in [5.74, 6) is 0. The third-order valence-electron chi connectivity index (χ3n) is 18.1. The van der Waals surface area contributed by atoms with Crippen molar-refractivity contribution in [3.05, 3.63) is 266 Å². The summed E-state index contributed by atoms with van der Waals surface area (Å²) in [5.41, 5.74) is 19.9. The lowest BCUT2D eigenvalue weighted by Gasteiger charge is -2.29. The van der Waals surface area contributed by atoms with E-state index in [9.17, 15) is 0 Å². The van der Waals surface area contributed by atoms with Crippen LogP contribution in [-0.2, 0) is 10.8 Å². The Kier molecular flexibility index (Phi) is 11.3. The predicted octanol–water partition coefficient (Wildman–Crippen LogP) is 24.5. The van der Waals surface area contributed by atoms with Gasteiger partial charge in [-0.1, -0.05) is 175 Å². The van der Waals surface area contributed by atoms with E-state index in [1.807, 2.05) is 12.1 Å². The molecule has 6 nitrogen and oxygen atoms in total. The molecule has 4 heterocycles. The van der Waals surface area contributed by atoms with Crippen molar-refractivity contribution in [1.82, 2.24) is 0 Å². The molecule has 88 heavy (non-hydrogen) atoms. The van der Waals surface area contributed by atoms with Crippen molar-refractivity contribution in [1.29, 1.82) is 0 Å². The molecular weight excluding hydrogens is 1080 g/mol. The Labute approximate surface area is 508 Å². The fourth-order valence-corrected chi connectivity index (χ4v) is 13.6. The van der Waals surface area contributed by atoms with Gasteiger partial charge < -0.3 is 27.5 Å². The van der Waals surface area contributed by atoms with Crippen molar-refractivity contribution in [2.24, 2.45) is 0 Å². The van der Waals surface area contributed by atoms with E-state index >= 15 is 0 Å². The standard InChI is InChI=1S/C82H60N2O4/c1-81(2,3)55-27-33-57(34-28-55)83(67-37-39-71-79(61-21-13-15-23-69(61)85-71)77(67)49-17-9-7-10-18-49)59-31-25-51-43-63-65-47-66-64-44-52-26-32-60(42-54(52)46-74(64)88-76(66)48-75(65)87-73(63)45-53(51)41-59)84(58-35-29-56(30-36-58)82(4,5)6)68-38-40-72-80(62-22-14-16-24-70(62)86-72)78(68)50-19-11-8-12-20-50/h7-48H,1-6H3. The number of para-hydroxylation sites is 2. The van der Waals surface area contributed by atoms with Gasteiger partial charge in [0.25, 0.3) is 0 Å². The minimum absolute atomic E-state index is 0.00346. The molecule has 0 unspecified atom stereocenters. The molecule has 0 amide bonds. The maximum Gasteiger partial charge on any atom is 0.139 e. The van der Waals surface area contributed by atoms with Crippen LogP contribution < -0.4 is 9.80 Å². The molecule has 0 saturated heterocycles. The number of nitrogens with zero attached hydrogens (tertiary/aromatic N) is 2. The molecule has 17 aromatic rings. The summed E-state index contributed by atoms with van der Waals surface area (Å²) in [6.45, 7) is 13.6. The minimum atomic E-state index is -0.00346. The first kappa shape index (κ1) is 51.6. The van der Waals surface area contributed by atoms with Crippen LogP contribution in [0.15, 0.2) is 272 Å². The number of hydrogen-bond acceptors (Lipinski definition) is 6. The van der Waals surface area contributed by atoms with Crippen molar-refractivity contribution in [2.75, 3.05) is 9.80 Å². The number of fused-ring (bicyclic) bond motifs is 14. The van der Waals surface area contributed by atoms with E-state index in [4.69, 9.17) is 17.7 Å². The highest BCUT2D eigenvalue weighted by Gasteiger charge is 2.27. The summed E-state index contributed by atoms with van der Waals surface area (Å²) < 4.78 is 26.8. The molecule has 4 aromatic heterocycles. The van der Waals surface area contributed by atoms with Gasteiger partial charge in [-0.3, -0.25) is 0 Å². The fourth-order valence-electron chi connectivity index (χ4n) is 13.6. The van der Waals surface area contributed by atoms with Crippen LogP contribution in [0.5, 0.6) is 0 Å². The highest BCUT2D eigenvalue weighted by atomic mass is 16.3.